The quantitative estimate of drug-likeness (QED) is 0.287. The van der Waals surface area contributed by atoms with Crippen LogP contribution in [0.2, 0.25) is 0 Å². The van der Waals surface area contributed by atoms with Crippen molar-refractivity contribution in [1.82, 2.24) is 29.8 Å². The molecule has 10 nitrogen and oxygen atoms in total. The summed E-state index contributed by atoms with van der Waals surface area (Å²) in [5.41, 5.74) is 0.00416. The van der Waals surface area contributed by atoms with Gasteiger partial charge in [-0.1, -0.05) is 61.0 Å². The van der Waals surface area contributed by atoms with Gasteiger partial charge in [0, 0.05) is 45.3 Å². The Kier molecular flexibility index (Phi) is 15.2. The van der Waals surface area contributed by atoms with Crippen LogP contribution in [0.15, 0.2) is 11.6 Å². The molecule has 2 saturated heterocycles. The minimum atomic E-state index is -0.723. The highest BCUT2D eigenvalue weighted by molar-refractivity contribution is 5.97. The largest absolute Gasteiger partial charge is 0.343 e. The van der Waals surface area contributed by atoms with Gasteiger partial charge in [0.15, 0.2) is 0 Å². The third-order valence-electron chi connectivity index (χ3n) is 9.97. The van der Waals surface area contributed by atoms with Crippen molar-refractivity contribution >= 4 is 23.6 Å². The highest BCUT2D eigenvalue weighted by Gasteiger charge is 2.40. The van der Waals surface area contributed by atoms with E-state index in [0.29, 0.717) is 25.1 Å². The zero-order valence-electron chi connectivity index (χ0n) is 31.2. The number of likely N-dealkylation sites (tertiary alicyclic amines) is 2. The van der Waals surface area contributed by atoms with Crippen molar-refractivity contribution in [2.75, 3.05) is 53.4 Å². The molecule has 0 aromatic heterocycles. The van der Waals surface area contributed by atoms with E-state index in [1.165, 1.54) is 0 Å². The summed E-state index contributed by atoms with van der Waals surface area (Å²) < 4.78 is 0. The Morgan fingerprint density at radius 2 is 1.50 bits per heavy atom. The Bertz CT molecular complexity index is 1060. The van der Waals surface area contributed by atoms with Crippen LogP contribution >= 0.6 is 0 Å². The normalized spacial score (nSPS) is 21.1. The van der Waals surface area contributed by atoms with E-state index in [2.05, 4.69) is 42.8 Å². The maximum Gasteiger partial charge on any atom is 0.249 e. The predicted octanol–water partition coefficient (Wildman–Crippen LogP) is 4.00. The maximum atomic E-state index is 14.2. The van der Waals surface area contributed by atoms with Crippen molar-refractivity contribution in [3.05, 3.63) is 11.6 Å². The first-order valence-corrected chi connectivity index (χ1v) is 17.8. The Balaban J connectivity index is 2.23. The van der Waals surface area contributed by atoms with Crippen molar-refractivity contribution in [3.8, 4) is 0 Å². The standard InChI is InChI=1S/C36H66N6O4/c1-13-40(14-2)23-22-38(11)34(45)29-19-17-21-42(29)33(44)27(7)24-30(25(3)4)39(12)35(46)31(36(8,9)10)37-32(43)28-18-15-16-20-41(28)26(5)6/h24-26,28-31H,13-23H2,1-12H3,(H,37,43)/b27-24+/t28?,29?,30-,31?/m1/s1. The van der Waals surface area contributed by atoms with Crippen molar-refractivity contribution in [1.29, 1.82) is 0 Å². The second-order valence-electron chi connectivity index (χ2n) is 15.1. The zero-order valence-corrected chi connectivity index (χ0v) is 31.2. The number of hydrogen-bond donors (Lipinski definition) is 1. The van der Waals surface area contributed by atoms with Crippen LogP contribution in [0.5, 0.6) is 0 Å². The minimum Gasteiger partial charge on any atom is -0.343 e. The molecule has 2 aliphatic heterocycles. The van der Waals surface area contributed by atoms with E-state index >= 15 is 0 Å². The first-order chi connectivity index (χ1) is 21.5. The molecular weight excluding hydrogens is 580 g/mol. The number of carbonyl (C=O) groups excluding carboxylic acids is 4. The zero-order chi connectivity index (χ0) is 34.9. The number of nitrogens with zero attached hydrogens (tertiary/aromatic N) is 5. The number of amides is 4. The van der Waals surface area contributed by atoms with Crippen molar-refractivity contribution in [2.45, 2.75) is 132 Å². The van der Waals surface area contributed by atoms with E-state index in [9.17, 15) is 19.2 Å². The maximum absolute atomic E-state index is 14.2. The molecule has 0 spiro atoms. The fourth-order valence-corrected chi connectivity index (χ4v) is 6.86. The molecule has 3 unspecified atom stereocenters. The average molecular weight is 647 g/mol. The van der Waals surface area contributed by atoms with E-state index in [1.54, 1.807) is 28.7 Å². The van der Waals surface area contributed by atoms with E-state index in [1.807, 2.05) is 47.7 Å². The topological polar surface area (TPSA) is 96.5 Å². The van der Waals surface area contributed by atoms with E-state index in [0.717, 1.165) is 51.9 Å². The summed E-state index contributed by atoms with van der Waals surface area (Å²) >= 11 is 0. The Labute approximate surface area is 280 Å². The Morgan fingerprint density at radius 3 is 2.04 bits per heavy atom. The molecule has 0 saturated carbocycles. The molecule has 0 aromatic rings. The number of carbonyl (C=O) groups is 4. The summed E-state index contributed by atoms with van der Waals surface area (Å²) in [6.45, 7) is 24.9. The fraction of sp³-hybridized carbons (Fsp3) is 0.833. The molecule has 0 aliphatic carbocycles. The minimum absolute atomic E-state index is 0.0173. The molecular formula is C36H66N6O4. The SMILES string of the molecule is CCN(CC)CCN(C)C(=O)C1CCCN1C(=O)/C(C)=C/[C@H](C(C)C)N(C)C(=O)C(NC(=O)C1CCCCN1C(C)C)C(C)(C)C. The average Bonchev–Trinajstić information content (AvgIpc) is 3.50. The van der Waals surface area contributed by atoms with Crippen LogP contribution in [-0.2, 0) is 19.2 Å². The van der Waals surface area contributed by atoms with Gasteiger partial charge >= 0.3 is 0 Å². The van der Waals surface area contributed by atoms with Gasteiger partial charge in [-0.3, -0.25) is 24.1 Å². The van der Waals surface area contributed by atoms with Crippen molar-refractivity contribution < 1.29 is 19.2 Å². The summed E-state index contributed by atoms with van der Waals surface area (Å²) in [4.78, 5) is 64.7. The molecule has 10 heteroatoms. The van der Waals surface area contributed by atoms with E-state index in [-0.39, 0.29) is 47.7 Å². The number of hydrogen-bond acceptors (Lipinski definition) is 6. The first kappa shape index (κ1) is 39.7. The second kappa shape index (κ2) is 17.6. The van der Waals surface area contributed by atoms with E-state index < -0.39 is 17.5 Å². The van der Waals surface area contributed by atoms with Gasteiger partial charge in [0.25, 0.3) is 0 Å². The Hall–Kier alpha value is -2.46. The van der Waals surface area contributed by atoms with Gasteiger partial charge in [0.1, 0.15) is 12.1 Å². The molecule has 0 radical (unpaired) electrons. The Morgan fingerprint density at radius 1 is 0.891 bits per heavy atom. The summed E-state index contributed by atoms with van der Waals surface area (Å²) in [5.74, 6) is -0.426. The number of rotatable bonds is 14. The van der Waals surface area contributed by atoms with Gasteiger partial charge in [0.05, 0.1) is 12.1 Å². The highest BCUT2D eigenvalue weighted by atomic mass is 16.2. The summed E-state index contributed by atoms with van der Waals surface area (Å²) in [6, 6.07) is -1.56. The van der Waals surface area contributed by atoms with Gasteiger partial charge in [-0.15, -0.1) is 0 Å². The van der Waals surface area contributed by atoms with Crippen LogP contribution in [0.3, 0.4) is 0 Å². The molecule has 4 atom stereocenters. The molecule has 4 amide bonds. The van der Waals surface area contributed by atoms with Crippen LogP contribution in [0.4, 0.5) is 0 Å². The van der Waals surface area contributed by atoms with Crippen LogP contribution in [0, 0.1) is 11.3 Å². The predicted molar refractivity (Wildman–Crippen MR) is 186 cm³/mol. The molecule has 0 bridgehead atoms. The molecule has 2 heterocycles. The number of nitrogens with one attached hydrogen (secondary N) is 1. The molecule has 1 N–H and O–H groups in total. The second-order valence-corrected chi connectivity index (χ2v) is 15.1. The lowest BCUT2D eigenvalue weighted by Gasteiger charge is -2.41. The molecule has 2 aliphatic rings. The van der Waals surface area contributed by atoms with Gasteiger partial charge in [-0.2, -0.15) is 0 Å². The van der Waals surface area contributed by atoms with Gasteiger partial charge in [0.2, 0.25) is 23.6 Å². The lowest BCUT2D eigenvalue weighted by Crippen LogP contribution is -2.60. The van der Waals surface area contributed by atoms with Crippen LogP contribution in [0.1, 0.15) is 101 Å². The summed E-state index contributed by atoms with van der Waals surface area (Å²) in [5, 5.41) is 3.15. The first-order valence-electron chi connectivity index (χ1n) is 17.8. The van der Waals surface area contributed by atoms with Crippen molar-refractivity contribution in [3.63, 3.8) is 0 Å². The molecule has 264 valence electrons. The smallest absolute Gasteiger partial charge is 0.249 e. The third-order valence-corrected chi connectivity index (χ3v) is 9.97. The molecule has 2 rings (SSSR count). The van der Waals surface area contributed by atoms with Crippen LogP contribution in [-0.4, -0.2) is 132 Å². The van der Waals surface area contributed by atoms with Crippen LogP contribution in [0.25, 0.3) is 0 Å². The lowest BCUT2D eigenvalue weighted by molar-refractivity contribution is -0.142. The molecule has 0 aromatic carbocycles. The third kappa shape index (κ3) is 10.3. The van der Waals surface area contributed by atoms with E-state index in [4.69, 9.17) is 0 Å². The van der Waals surface area contributed by atoms with Crippen LogP contribution < -0.4 is 5.32 Å². The monoisotopic (exact) mass is 647 g/mol. The molecule has 2 fully saturated rings. The lowest BCUT2D eigenvalue weighted by atomic mass is 9.84. The number of likely N-dealkylation sites (N-methyl/N-ethyl adjacent to an activating group) is 3. The van der Waals surface area contributed by atoms with Crippen molar-refractivity contribution in [2.24, 2.45) is 11.3 Å². The van der Waals surface area contributed by atoms with Gasteiger partial charge in [-0.05, 0) is 77.4 Å². The molecule has 46 heavy (non-hydrogen) atoms. The summed E-state index contributed by atoms with van der Waals surface area (Å²) in [7, 11) is 3.59. The highest BCUT2D eigenvalue weighted by Crippen LogP contribution is 2.27. The van der Waals surface area contributed by atoms with Gasteiger partial charge in [-0.25, -0.2) is 0 Å². The number of piperidine rings is 1. The van der Waals surface area contributed by atoms with Gasteiger partial charge < -0.3 is 24.9 Å². The fourth-order valence-electron chi connectivity index (χ4n) is 6.86. The summed E-state index contributed by atoms with van der Waals surface area (Å²) in [6.07, 6.45) is 6.17.